The summed E-state index contributed by atoms with van der Waals surface area (Å²) in [6.45, 7) is -0.372. The van der Waals surface area contributed by atoms with Crippen molar-refractivity contribution in [3.8, 4) is 0 Å². The molecule has 1 aromatic heterocycles. The number of carbonyl (C=O) groups excluding carboxylic acids is 3. The molecule has 170 valence electrons. The maximum Gasteiger partial charge on any atom is 0.290 e. The van der Waals surface area contributed by atoms with Crippen LogP contribution < -0.4 is 5.32 Å². The highest BCUT2D eigenvalue weighted by Gasteiger charge is 2.50. The first-order valence-electron chi connectivity index (χ1n) is 10.1. The fourth-order valence-electron chi connectivity index (χ4n) is 4.32. The summed E-state index contributed by atoms with van der Waals surface area (Å²) < 4.78 is 0. The molecule has 0 unspecified atom stereocenters. The lowest BCUT2D eigenvalue weighted by atomic mass is 9.92. The summed E-state index contributed by atoms with van der Waals surface area (Å²) in [7, 11) is 0. The minimum Gasteiger partial charge on any atom is -0.483 e. The van der Waals surface area contributed by atoms with E-state index in [1.807, 2.05) is 30.3 Å². The molecule has 0 aliphatic carbocycles. The number of hydrogen-bond acceptors (Lipinski definition) is 6. The van der Waals surface area contributed by atoms with E-state index in [4.69, 9.17) is 15.0 Å². The number of aromatic amines is 1. The molecule has 4 rings (SSSR count). The molecule has 11 nitrogen and oxygen atoms in total. The highest BCUT2D eigenvalue weighted by Crippen LogP contribution is 2.43. The van der Waals surface area contributed by atoms with Crippen LogP contribution in [0.5, 0.6) is 0 Å². The van der Waals surface area contributed by atoms with E-state index in [0.29, 0.717) is 18.8 Å². The fourth-order valence-corrected chi connectivity index (χ4v) is 4.32. The van der Waals surface area contributed by atoms with Crippen LogP contribution >= 0.6 is 0 Å². The number of benzene rings is 1. The lowest BCUT2D eigenvalue weighted by Crippen LogP contribution is -2.56. The largest absolute Gasteiger partial charge is 0.483 e. The Morgan fingerprint density at radius 3 is 2.62 bits per heavy atom. The number of hydrogen-bond donors (Lipinski definition) is 4. The van der Waals surface area contributed by atoms with Crippen LogP contribution in [0.15, 0.2) is 42.7 Å². The number of H-pyrrole nitrogens is 1. The van der Waals surface area contributed by atoms with E-state index in [-0.39, 0.29) is 37.4 Å². The molecule has 2 aliphatic heterocycles. The third-order valence-electron chi connectivity index (χ3n) is 5.60. The molecule has 3 heterocycles. The van der Waals surface area contributed by atoms with Gasteiger partial charge in [0.15, 0.2) is 0 Å². The zero-order chi connectivity index (χ0) is 23.1. The lowest BCUT2D eigenvalue weighted by molar-refractivity contribution is -0.150. The van der Waals surface area contributed by atoms with Gasteiger partial charge in [-0.15, -0.1) is 0 Å². The maximum atomic E-state index is 13.0. The van der Waals surface area contributed by atoms with Gasteiger partial charge < -0.3 is 30.3 Å². The van der Waals surface area contributed by atoms with Crippen LogP contribution in [0.25, 0.3) is 0 Å². The van der Waals surface area contributed by atoms with Crippen molar-refractivity contribution in [2.24, 2.45) is 5.92 Å². The topological polar surface area (TPSA) is 156 Å². The van der Waals surface area contributed by atoms with Crippen molar-refractivity contribution in [3.63, 3.8) is 0 Å². The summed E-state index contributed by atoms with van der Waals surface area (Å²) in [6.07, 6.45) is 3.76. The van der Waals surface area contributed by atoms with Crippen LogP contribution in [0.3, 0.4) is 0 Å². The Balaban J connectivity index is 0.000000913. The van der Waals surface area contributed by atoms with Gasteiger partial charge in [-0.2, -0.15) is 0 Å². The second kappa shape index (κ2) is 10.5. The number of imidazole rings is 1. The van der Waals surface area contributed by atoms with Crippen LogP contribution in [0, 0.1) is 5.92 Å². The second-order valence-corrected chi connectivity index (χ2v) is 7.44. The van der Waals surface area contributed by atoms with Crippen molar-refractivity contribution in [3.05, 3.63) is 54.1 Å². The highest BCUT2D eigenvalue weighted by atomic mass is 16.3. The number of aromatic nitrogens is 2. The Morgan fingerprint density at radius 1 is 1.28 bits per heavy atom. The Labute approximate surface area is 184 Å². The third-order valence-corrected chi connectivity index (χ3v) is 5.60. The molecular weight excluding hydrogens is 418 g/mol. The van der Waals surface area contributed by atoms with Crippen molar-refractivity contribution in [2.45, 2.75) is 25.0 Å². The van der Waals surface area contributed by atoms with Gasteiger partial charge in [0, 0.05) is 18.9 Å². The molecule has 2 saturated heterocycles. The first-order valence-corrected chi connectivity index (χ1v) is 10.1. The molecule has 1 aromatic carbocycles. The molecule has 0 bridgehead atoms. The van der Waals surface area contributed by atoms with Crippen LogP contribution in [-0.2, 0) is 25.7 Å². The van der Waals surface area contributed by atoms with Gasteiger partial charge in [0.1, 0.15) is 12.4 Å². The minimum atomic E-state index is -0.630. The molecule has 3 amide bonds. The second-order valence-electron chi connectivity index (χ2n) is 7.44. The summed E-state index contributed by atoms with van der Waals surface area (Å²) in [5, 5.41) is 18.9. The Morgan fingerprint density at radius 2 is 2.00 bits per heavy atom. The molecule has 2 fully saturated rings. The Hall–Kier alpha value is -3.73. The van der Waals surface area contributed by atoms with Crippen LogP contribution in [-0.4, -0.2) is 79.9 Å². The van der Waals surface area contributed by atoms with E-state index < -0.39 is 24.5 Å². The van der Waals surface area contributed by atoms with Crippen molar-refractivity contribution < 1.29 is 29.4 Å². The lowest BCUT2D eigenvalue weighted by Gasteiger charge is -2.40. The van der Waals surface area contributed by atoms with E-state index in [1.54, 1.807) is 17.3 Å². The van der Waals surface area contributed by atoms with Gasteiger partial charge in [-0.25, -0.2) is 4.98 Å². The molecule has 3 atom stereocenters. The van der Waals surface area contributed by atoms with E-state index in [1.165, 1.54) is 4.90 Å². The summed E-state index contributed by atoms with van der Waals surface area (Å²) >= 11 is 0. The highest BCUT2D eigenvalue weighted by molar-refractivity contribution is 5.89. The number of nitrogens with zero attached hydrogens (tertiary/aromatic N) is 3. The summed E-state index contributed by atoms with van der Waals surface area (Å²) in [5.41, 5.74) is 0.892. The zero-order valence-electron chi connectivity index (χ0n) is 17.3. The number of rotatable bonds is 5. The number of amides is 3. The first-order chi connectivity index (χ1) is 15.5. The number of aliphatic hydroxyl groups excluding tert-OH is 1. The van der Waals surface area contributed by atoms with Crippen LogP contribution in [0.4, 0.5) is 0 Å². The van der Waals surface area contributed by atoms with E-state index in [2.05, 4.69) is 15.3 Å². The smallest absolute Gasteiger partial charge is 0.290 e. The zero-order valence-corrected chi connectivity index (χ0v) is 17.3. The van der Waals surface area contributed by atoms with Crippen molar-refractivity contribution >= 4 is 24.2 Å². The Kier molecular flexibility index (Phi) is 7.55. The van der Waals surface area contributed by atoms with Gasteiger partial charge in [-0.1, -0.05) is 30.3 Å². The molecule has 0 spiro atoms. The number of carboxylic acid groups (broad SMARTS) is 1. The molecule has 0 saturated carbocycles. The van der Waals surface area contributed by atoms with Crippen molar-refractivity contribution in [1.82, 2.24) is 25.1 Å². The molecule has 0 radical (unpaired) electrons. The quantitative estimate of drug-likeness (QED) is 0.455. The molecule has 2 aromatic rings. The third kappa shape index (κ3) is 4.94. The maximum absolute atomic E-state index is 13.0. The summed E-state index contributed by atoms with van der Waals surface area (Å²) in [5.74, 6) is -0.623. The Bertz CT molecular complexity index is 935. The van der Waals surface area contributed by atoms with Gasteiger partial charge in [-0.05, 0) is 12.0 Å². The average molecular weight is 443 g/mol. The van der Waals surface area contributed by atoms with Crippen molar-refractivity contribution in [1.29, 1.82) is 0 Å². The normalized spacial score (nSPS) is 21.9. The molecule has 11 heteroatoms. The van der Waals surface area contributed by atoms with Gasteiger partial charge in [0.2, 0.25) is 17.7 Å². The van der Waals surface area contributed by atoms with Gasteiger partial charge in [0.05, 0.1) is 31.1 Å². The molecular formula is C21H25N5O6. The number of nitrogens with one attached hydrogen (secondary N) is 2. The first kappa shape index (κ1) is 22.9. The van der Waals surface area contributed by atoms with Gasteiger partial charge in [-0.3, -0.25) is 19.2 Å². The minimum absolute atomic E-state index is 0.0834. The monoisotopic (exact) mass is 443 g/mol. The number of fused-ring (bicyclic) bond motifs is 1. The average Bonchev–Trinajstić information content (AvgIpc) is 3.46. The fraction of sp³-hybridized carbons (Fsp3) is 0.381. The standard InChI is InChI=1S/C20H23N5O4.CH2O2/c26-12-18(28)24-10-14-8-15(20(29)23-9-16-21-6-7-22-16)19(25(14)17(27)11-24)13-4-2-1-3-5-13;2-1-3/h1-7,14-15,19,26H,8-12H2,(H,21,22)(H,23,29);1H,(H,2,3)/t14-,15-,19-;/m0./s1. The summed E-state index contributed by atoms with van der Waals surface area (Å²) in [6, 6.07) is 8.83. The number of piperazine rings is 1. The van der Waals surface area contributed by atoms with Crippen LogP contribution in [0.2, 0.25) is 0 Å². The van der Waals surface area contributed by atoms with E-state index in [0.717, 1.165) is 5.56 Å². The predicted octanol–water partition coefficient (Wildman–Crippen LogP) is -0.480. The van der Waals surface area contributed by atoms with Crippen LogP contribution in [0.1, 0.15) is 23.9 Å². The number of carbonyl (C=O) groups is 4. The molecule has 2 aliphatic rings. The predicted molar refractivity (Wildman–Crippen MR) is 111 cm³/mol. The van der Waals surface area contributed by atoms with E-state index in [9.17, 15) is 14.4 Å². The molecule has 4 N–H and O–H groups in total. The van der Waals surface area contributed by atoms with E-state index >= 15 is 0 Å². The number of aliphatic hydroxyl groups is 1. The molecule has 32 heavy (non-hydrogen) atoms. The summed E-state index contributed by atoms with van der Waals surface area (Å²) in [4.78, 5) is 56.4. The van der Waals surface area contributed by atoms with Gasteiger partial charge >= 0.3 is 0 Å². The SMILES string of the molecule is O=C(NCc1ncc[nH]1)[C@H]1C[C@H]2CN(C(=O)CO)CC(=O)N2[C@H]1c1ccccc1.O=CO. The van der Waals surface area contributed by atoms with Gasteiger partial charge in [0.25, 0.3) is 6.47 Å². The van der Waals surface area contributed by atoms with Crippen molar-refractivity contribution in [2.75, 3.05) is 19.7 Å².